The van der Waals surface area contributed by atoms with Crippen LogP contribution in [-0.4, -0.2) is 21.7 Å². The molecule has 0 aliphatic heterocycles. The molecule has 0 heterocycles. The zero-order valence-corrected chi connectivity index (χ0v) is 21.1. The number of nitrogens with one attached hydrogen (secondary N) is 1. The number of hydrogen-bond donors (Lipinski definition) is 2. The summed E-state index contributed by atoms with van der Waals surface area (Å²) in [6.07, 6.45) is 0.990. The first kappa shape index (κ1) is 25.0. The first-order valence-electron chi connectivity index (χ1n) is 10.2. The maximum Gasteiger partial charge on any atom is 0.261 e. The van der Waals surface area contributed by atoms with E-state index in [1.54, 1.807) is 36.4 Å². The van der Waals surface area contributed by atoms with Crippen LogP contribution in [0.15, 0.2) is 70.5 Å². The molecule has 0 spiro atoms. The summed E-state index contributed by atoms with van der Waals surface area (Å²) in [5.41, 5.74) is 5.18. The fourth-order valence-corrected chi connectivity index (χ4v) is 5.69. The van der Waals surface area contributed by atoms with E-state index >= 15 is 0 Å². The molecular formula is C24H26N2O4S3. The Hall–Kier alpha value is -2.59. The van der Waals surface area contributed by atoms with E-state index in [0.717, 1.165) is 32.7 Å². The number of benzene rings is 3. The molecule has 0 aliphatic carbocycles. The number of thiocarbonyl (C=S) groups is 1. The van der Waals surface area contributed by atoms with Gasteiger partial charge in [0.05, 0.1) is 15.5 Å². The molecule has 3 aromatic rings. The minimum Gasteiger partial charge on any atom is -0.279 e. The van der Waals surface area contributed by atoms with Crippen LogP contribution >= 0.6 is 12.2 Å². The monoisotopic (exact) mass is 502 g/mol. The van der Waals surface area contributed by atoms with Crippen LogP contribution in [0.1, 0.15) is 27.8 Å². The Kier molecular flexibility index (Phi) is 7.38. The summed E-state index contributed by atoms with van der Waals surface area (Å²) in [5, 5.41) is 5.12. The Balaban J connectivity index is 1.68. The van der Waals surface area contributed by atoms with Gasteiger partial charge in [-0.2, -0.15) is 0 Å². The lowest BCUT2D eigenvalue weighted by Gasteiger charge is -2.14. The van der Waals surface area contributed by atoms with Crippen LogP contribution in [0.2, 0.25) is 0 Å². The molecule has 9 heteroatoms. The molecule has 0 aromatic heterocycles. The minimum atomic E-state index is -3.73. The standard InChI is InChI=1S/C24H26N2O4S3/c1-16-12-17(2)24(18(3)13-16)26-33(29,30)23-10-6-20(7-11-23)15-21(31)14-19-4-8-22(9-5-19)32(25,27)28/h4-13,26H,14-15H2,1-3H3,(H2,25,27,28). The Morgan fingerprint density at radius 2 is 1.21 bits per heavy atom. The lowest BCUT2D eigenvalue weighted by molar-refractivity contribution is 0.597. The predicted octanol–water partition coefficient (Wildman–Crippen LogP) is 4.22. The molecule has 0 radical (unpaired) electrons. The van der Waals surface area contributed by atoms with Gasteiger partial charge in [0, 0.05) is 17.7 Å². The van der Waals surface area contributed by atoms with E-state index in [4.69, 9.17) is 17.4 Å². The molecule has 0 aliphatic rings. The van der Waals surface area contributed by atoms with Gasteiger partial charge in [0.1, 0.15) is 0 Å². The van der Waals surface area contributed by atoms with Crippen molar-refractivity contribution in [2.45, 2.75) is 43.4 Å². The highest BCUT2D eigenvalue weighted by Gasteiger charge is 2.17. The largest absolute Gasteiger partial charge is 0.279 e. The van der Waals surface area contributed by atoms with Gasteiger partial charge < -0.3 is 0 Å². The van der Waals surface area contributed by atoms with E-state index in [2.05, 4.69) is 4.72 Å². The quantitative estimate of drug-likeness (QED) is 0.449. The predicted molar refractivity (Wildman–Crippen MR) is 136 cm³/mol. The SMILES string of the molecule is Cc1cc(C)c(NS(=O)(=O)c2ccc(CC(=S)Cc3ccc(S(N)(=O)=O)cc3)cc2)c(C)c1. The van der Waals surface area contributed by atoms with Crippen molar-refractivity contribution in [3.05, 3.63) is 88.5 Å². The van der Waals surface area contributed by atoms with Gasteiger partial charge in [0.15, 0.2) is 0 Å². The Bertz CT molecular complexity index is 1370. The third kappa shape index (κ3) is 6.48. The average molecular weight is 503 g/mol. The van der Waals surface area contributed by atoms with Crippen molar-refractivity contribution in [1.82, 2.24) is 0 Å². The molecule has 0 unspecified atom stereocenters. The summed E-state index contributed by atoms with van der Waals surface area (Å²) in [5.74, 6) is 0. The molecule has 3 aromatic carbocycles. The molecule has 0 atom stereocenters. The molecule has 33 heavy (non-hydrogen) atoms. The average Bonchev–Trinajstić information content (AvgIpc) is 2.71. The number of sulfonamides is 2. The van der Waals surface area contributed by atoms with Crippen LogP contribution in [0, 0.1) is 20.8 Å². The summed E-state index contributed by atoms with van der Waals surface area (Å²) < 4.78 is 51.2. The van der Waals surface area contributed by atoms with Crippen LogP contribution < -0.4 is 9.86 Å². The minimum absolute atomic E-state index is 0.0543. The van der Waals surface area contributed by atoms with Crippen molar-refractivity contribution >= 4 is 42.8 Å². The Morgan fingerprint density at radius 3 is 1.64 bits per heavy atom. The molecule has 0 amide bonds. The molecule has 3 N–H and O–H groups in total. The highest BCUT2D eigenvalue weighted by atomic mass is 32.2. The van der Waals surface area contributed by atoms with Crippen molar-refractivity contribution in [2.75, 3.05) is 4.72 Å². The van der Waals surface area contributed by atoms with Crippen LogP contribution in [0.25, 0.3) is 0 Å². The smallest absolute Gasteiger partial charge is 0.261 e. The van der Waals surface area contributed by atoms with Gasteiger partial charge in [-0.15, -0.1) is 0 Å². The van der Waals surface area contributed by atoms with E-state index in [9.17, 15) is 16.8 Å². The lowest BCUT2D eigenvalue weighted by Crippen LogP contribution is -2.15. The van der Waals surface area contributed by atoms with Crippen LogP contribution in [0.5, 0.6) is 0 Å². The molecule has 174 valence electrons. The zero-order valence-electron chi connectivity index (χ0n) is 18.6. The molecule has 3 rings (SSSR count). The molecular weight excluding hydrogens is 476 g/mol. The van der Waals surface area contributed by atoms with E-state index in [-0.39, 0.29) is 9.79 Å². The van der Waals surface area contributed by atoms with E-state index in [0.29, 0.717) is 18.5 Å². The number of nitrogens with two attached hydrogens (primary N) is 1. The number of primary sulfonamides is 1. The second-order valence-corrected chi connectivity index (χ2v) is 11.9. The second kappa shape index (κ2) is 9.72. The number of aryl methyl sites for hydroxylation is 3. The summed E-state index contributed by atoms with van der Waals surface area (Å²) in [7, 11) is -7.45. The third-order valence-electron chi connectivity index (χ3n) is 5.20. The van der Waals surface area contributed by atoms with Gasteiger partial charge in [0.25, 0.3) is 10.0 Å². The number of anilines is 1. The molecule has 6 nitrogen and oxygen atoms in total. The Labute approximate surface area is 201 Å². The van der Waals surface area contributed by atoms with Crippen molar-refractivity contribution < 1.29 is 16.8 Å². The van der Waals surface area contributed by atoms with E-state index in [1.165, 1.54) is 12.1 Å². The normalized spacial score (nSPS) is 11.9. The highest BCUT2D eigenvalue weighted by molar-refractivity contribution is 7.92. The third-order valence-corrected chi connectivity index (χ3v) is 7.79. The highest BCUT2D eigenvalue weighted by Crippen LogP contribution is 2.25. The fraction of sp³-hybridized carbons (Fsp3) is 0.208. The molecule has 0 fully saturated rings. The van der Waals surface area contributed by atoms with Gasteiger partial charge in [-0.3, -0.25) is 4.72 Å². The van der Waals surface area contributed by atoms with Gasteiger partial charge in [-0.1, -0.05) is 54.2 Å². The summed E-state index contributed by atoms with van der Waals surface area (Å²) >= 11 is 5.48. The fourth-order valence-electron chi connectivity index (χ4n) is 3.64. The first-order chi connectivity index (χ1) is 15.3. The maximum absolute atomic E-state index is 12.9. The van der Waals surface area contributed by atoms with Gasteiger partial charge >= 0.3 is 0 Å². The maximum atomic E-state index is 12.9. The van der Waals surface area contributed by atoms with E-state index in [1.807, 2.05) is 32.9 Å². The molecule has 0 bridgehead atoms. The van der Waals surface area contributed by atoms with Crippen molar-refractivity contribution in [3.63, 3.8) is 0 Å². The summed E-state index contributed by atoms with van der Waals surface area (Å²) in [6.45, 7) is 5.73. The first-order valence-corrected chi connectivity index (χ1v) is 13.6. The van der Waals surface area contributed by atoms with Gasteiger partial charge in [-0.05, 0) is 67.3 Å². The lowest BCUT2D eigenvalue weighted by atomic mass is 10.0. The van der Waals surface area contributed by atoms with Crippen LogP contribution in [-0.2, 0) is 32.9 Å². The van der Waals surface area contributed by atoms with Crippen molar-refractivity contribution in [3.8, 4) is 0 Å². The van der Waals surface area contributed by atoms with Crippen LogP contribution in [0.4, 0.5) is 5.69 Å². The Morgan fingerprint density at radius 1 is 0.788 bits per heavy atom. The second-order valence-electron chi connectivity index (χ2n) is 8.10. The van der Waals surface area contributed by atoms with Crippen LogP contribution in [0.3, 0.4) is 0 Å². The number of hydrogen-bond acceptors (Lipinski definition) is 5. The van der Waals surface area contributed by atoms with Gasteiger partial charge in [0.2, 0.25) is 10.0 Å². The van der Waals surface area contributed by atoms with Crippen molar-refractivity contribution in [1.29, 1.82) is 0 Å². The topological polar surface area (TPSA) is 106 Å². The van der Waals surface area contributed by atoms with Gasteiger partial charge in [-0.25, -0.2) is 22.0 Å². The summed E-state index contributed by atoms with van der Waals surface area (Å²) in [4.78, 5) is 0.978. The molecule has 0 saturated carbocycles. The van der Waals surface area contributed by atoms with Crippen molar-refractivity contribution in [2.24, 2.45) is 5.14 Å². The van der Waals surface area contributed by atoms with E-state index < -0.39 is 20.0 Å². The molecule has 0 saturated heterocycles. The summed E-state index contributed by atoms with van der Waals surface area (Å²) in [6, 6.07) is 16.8. The number of rotatable bonds is 8. The zero-order chi connectivity index (χ0) is 24.4.